The van der Waals surface area contributed by atoms with Crippen molar-refractivity contribution >= 4 is 34.8 Å². The van der Waals surface area contributed by atoms with Crippen LogP contribution in [0.3, 0.4) is 0 Å². The zero-order valence-corrected chi connectivity index (χ0v) is 14.9. The number of rotatable bonds is 4. The summed E-state index contributed by atoms with van der Waals surface area (Å²) in [5.74, 6) is 0.169. The number of halogens is 2. The van der Waals surface area contributed by atoms with E-state index in [9.17, 15) is 9.59 Å². The van der Waals surface area contributed by atoms with Gasteiger partial charge in [-0.1, -0.05) is 53.5 Å². The van der Waals surface area contributed by atoms with E-state index in [1.54, 1.807) is 6.07 Å². The summed E-state index contributed by atoms with van der Waals surface area (Å²) in [4.78, 5) is 24.2. The van der Waals surface area contributed by atoms with Gasteiger partial charge in [0.05, 0.1) is 10.4 Å². The molecule has 1 aliphatic carbocycles. The minimum Gasteiger partial charge on any atom is -0.484 e. The Kier molecular flexibility index (Phi) is 4.41. The van der Waals surface area contributed by atoms with Gasteiger partial charge in [-0.3, -0.25) is 9.59 Å². The monoisotopic (exact) mass is 362 g/mol. The lowest BCUT2D eigenvalue weighted by atomic mass is 9.79. The standard InChI is InChI=1S/C19H16Cl2O3/c1-11(22)10-24-14-8-12-9-19(2,13-6-4-3-5-7-13)18(23)15(12)17(21)16(14)20/h3-8H,9-10H2,1-2H3. The van der Waals surface area contributed by atoms with Gasteiger partial charge in [-0.05, 0) is 37.5 Å². The van der Waals surface area contributed by atoms with Gasteiger partial charge in [0.15, 0.2) is 11.6 Å². The molecule has 2 aromatic rings. The topological polar surface area (TPSA) is 43.4 Å². The SMILES string of the molecule is CC(=O)COc1cc2c(c(Cl)c1Cl)C(=O)C(C)(c1ccccc1)C2. The van der Waals surface area contributed by atoms with E-state index in [2.05, 4.69) is 0 Å². The maximum Gasteiger partial charge on any atom is 0.175 e. The molecule has 0 saturated carbocycles. The number of carbonyl (C=O) groups is 2. The Hall–Kier alpha value is -1.84. The fourth-order valence-corrected chi connectivity index (χ4v) is 3.60. The number of carbonyl (C=O) groups excluding carboxylic acids is 2. The molecule has 3 nitrogen and oxygen atoms in total. The van der Waals surface area contributed by atoms with Crippen LogP contribution in [0.25, 0.3) is 0 Å². The van der Waals surface area contributed by atoms with Crippen LogP contribution in [-0.2, 0) is 16.6 Å². The van der Waals surface area contributed by atoms with Crippen molar-refractivity contribution in [3.8, 4) is 5.75 Å². The molecule has 3 rings (SSSR count). The maximum atomic E-state index is 13.0. The fraction of sp³-hybridized carbons (Fsp3) is 0.263. The van der Waals surface area contributed by atoms with E-state index in [0.717, 1.165) is 11.1 Å². The molecule has 1 aliphatic rings. The molecule has 0 fully saturated rings. The number of Topliss-reactive ketones (excluding diaryl/α,β-unsaturated/α-hetero) is 2. The molecule has 0 aromatic heterocycles. The van der Waals surface area contributed by atoms with Crippen LogP contribution in [0.1, 0.15) is 35.3 Å². The Morgan fingerprint density at radius 2 is 1.88 bits per heavy atom. The van der Waals surface area contributed by atoms with Gasteiger partial charge in [0.25, 0.3) is 0 Å². The van der Waals surface area contributed by atoms with Crippen molar-refractivity contribution in [2.24, 2.45) is 0 Å². The molecule has 0 heterocycles. The van der Waals surface area contributed by atoms with Gasteiger partial charge < -0.3 is 4.74 Å². The van der Waals surface area contributed by atoms with Crippen LogP contribution >= 0.6 is 23.2 Å². The molecule has 1 unspecified atom stereocenters. The van der Waals surface area contributed by atoms with Crippen LogP contribution in [0.15, 0.2) is 36.4 Å². The van der Waals surface area contributed by atoms with Crippen molar-refractivity contribution in [2.75, 3.05) is 6.61 Å². The summed E-state index contributed by atoms with van der Waals surface area (Å²) < 4.78 is 5.44. The van der Waals surface area contributed by atoms with E-state index in [1.807, 2.05) is 37.3 Å². The third kappa shape index (κ3) is 2.72. The Morgan fingerprint density at radius 3 is 2.50 bits per heavy atom. The Labute approximate surface area is 150 Å². The third-order valence-corrected chi connectivity index (χ3v) is 5.22. The van der Waals surface area contributed by atoms with E-state index < -0.39 is 5.41 Å². The summed E-state index contributed by atoms with van der Waals surface area (Å²) in [5.41, 5.74) is 1.49. The molecule has 0 radical (unpaired) electrons. The second kappa shape index (κ2) is 6.23. The lowest BCUT2D eigenvalue weighted by Crippen LogP contribution is -2.29. The van der Waals surface area contributed by atoms with Crippen LogP contribution in [0.4, 0.5) is 0 Å². The molecule has 2 aromatic carbocycles. The van der Waals surface area contributed by atoms with Gasteiger partial charge >= 0.3 is 0 Å². The molecule has 5 heteroatoms. The normalized spacial score (nSPS) is 19.2. The summed E-state index contributed by atoms with van der Waals surface area (Å²) in [7, 11) is 0. The first-order valence-corrected chi connectivity index (χ1v) is 8.33. The Morgan fingerprint density at radius 1 is 1.21 bits per heavy atom. The molecular weight excluding hydrogens is 347 g/mol. The number of fused-ring (bicyclic) bond motifs is 1. The van der Waals surface area contributed by atoms with Crippen molar-refractivity contribution in [1.82, 2.24) is 0 Å². The van der Waals surface area contributed by atoms with E-state index in [4.69, 9.17) is 27.9 Å². The fourth-order valence-electron chi connectivity index (χ4n) is 3.10. The zero-order chi connectivity index (χ0) is 17.5. The van der Waals surface area contributed by atoms with E-state index >= 15 is 0 Å². The quantitative estimate of drug-likeness (QED) is 0.794. The highest BCUT2D eigenvalue weighted by atomic mass is 35.5. The number of ketones is 2. The molecule has 0 N–H and O–H groups in total. The second-order valence-electron chi connectivity index (χ2n) is 6.23. The lowest BCUT2D eigenvalue weighted by Gasteiger charge is -2.22. The van der Waals surface area contributed by atoms with E-state index in [1.165, 1.54) is 6.92 Å². The van der Waals surface area contributed by atoms with E-state index in [0.29, 0.717) is 17.7 Å². The van der Waals surface area contributed by atoms with Crippen molar-refractivity contribution < 1.29 is 14.3 Å². The first-order chi connectivity index (χ1) is 11.3. The smallest absolute Gasteiger partial charge is 0.175 e. The highest BCUT2D eigenvalue weighted by Gasteiger charge is 2.45. The van der Waals surface area contributed by atoms with Crippen molar-refractivity contribution in [2.45, 2.75) is 25.7 Å². The molecule has 124 valence electrons. The summed E-state index contributed by atoms with van der Waals surface area (Å²) in [5, 5.41) is 0.361. The van der Waals surface area contributed by atoms with Gasteiger partial charge in [-0.15, -0.1) is 0 Å². The predicted octanol–water partition coefficient (Wildman–Crippen LogP) is 4.66. The first kappa shape index (κ1) is 17.0. The Bertz CT molecular complexity index is 830. The molecule has 0 bridgehead atoms. The van der Waals surface area contributed by atoms with E-state index in [-0.39, 0.29) is 28.2 Å². The highest BCUT2D eigenvalue weighted by molar-refractivity contribution is 6.45. The number of hydrogen-bond donors (Lipinski definition) is 0. The van der Waals surface area contributed by atoms with Crippen LogP contribution in [0.5, 0.6) is 5.75 Å². The summed E-state index contributed by atoms with van der Waals surface area (Å²) in [6.07, 6.45) is 0.512. The van der Waals surface area contributed by atoms with Gasteiger partial charge in [0.2, 0.25) is 0 Å². The second-order valence-corrected chi connectivity index (χ2v) is 6.99. The maximum absolute atomic E-state index is 13.0. The number of ether oxygens (including phenoxy) is 1. The van der Waals surface area contributed by atoms with Gasteiger partial charge in [0, 0.05) is 5.56 Å². The van der Waals surface area contributed by atoms with Gasteiger partial charge in [-0.25, -0.2) is 0 Å². The van der Waals surface area contributed by atoms with Gasteiger partial charge in [-0.2, -0.15) is 0 Å². The molecule has 0 spiro atoms. The Balaban J connectivity index is 2.05. The number of benzene rings is 2. The molecule has 0 saturated heterocycles. The van der Waals surface area contributed by atoms with Crippen LogP contribution in [0, 0.1) is 0 Å². The summed E-state index contributed by atoms with van der Waals surface area (Å²) >= 11 is 12.6. The van der Waals surface area contributed by atoms with Crippen molar-refractivity contribution in [1.29, 1.82) is 0 Å². The third-order valence-electron chi connectivity index (χ3n) is 4.37. The van der Waals surface area contributed by atoms with Gasteiger partial charge in [0.1, 0.15) is 17.4 Å². The summed E-state index contributed by atoms with van der Waals surface area (Å²) in [6, 6.07) is 11.3. The number of hydrogen-bond acceptors (Lipinski definition) is 3. The zero-order valence-electron chi connectivity index (χ0n) is 13.4. The first-order valence-electron chi connectivity index (χ1n) is 7.58. The van der Waals surface area contributed by atoms with Crippen LogP contribution < -0.4 is 4.74 Å². The molecular formula is C19H16Cl2O3. The minimum absolute atomic E-state index is 0.0475. The largest absolute Gasteiger partial charge is 0.484 e. The summed E-state index contributed by atoms with van der Waals surface area (Å²) in [6.45, 7) is 3.25. The molecule has 1 atom stereocenters. The average Bonchev–Trinajstić information content (AvgIpc) is 2.82. The predicted molar refractivity (Wildman–Crippen MR) is 94.5 cm³/mol. The highest BCUT2D eigenvalue weighted by Crippen LogP contribution is 2.47. The molecule has 0 aliphatic heterocycles. The van der Waals surface area contributed by atoms with Crippen molar-refractivity contribution in [3.63, 3.8) is 0 Å². The van der Waals surface area contributed by atoms with Crippen LogP contribution in [-0.4, -0.2) is 18.2 Å². The molecule has 24 heavy (non-hydrogen) atoms. The van der Waals surface area contributed by atoms with Crippen LogP contribution in [0.2, 0.25) is 10.0 Å². The lowest BCUT2D eigenvalue weighted by molar-refractivity contribution is -0.118. The molecule has 0 amide bonds. The average molecular weight is 363 g/mol. The minimum atomic E-state index is -0.685. The van der Waals surface area contributed by atoms with Crippen molar-refractivity contribution in [3.05, 3.63) is 63.1 Å².